The van der Waals surface area contributed by atoms with Crippen LogP contribution in [0.25, 0.3) is 10.7 Å². The lowest BCUT2D eigenvalue weighted by molar-refractivity contribution is 0.117. The number of thiazole rings is 1. The van der Waals surface area contributed by atoms with E-state index < -0.39 is 0 Å². The molecule has 2 unspecified atom stereocenters. The minimum Gasteiger partial charge on any atom is -0.380 e. The number of rotatable bonds is 3. The Morgan fingerprint density at radius 2 is 2.41 bits per heavy atom. The second-order valence-electron chi connectivity index (χ2n) is 4.07. The molecular weight excluding hydrogens is 236 g/mol. The molecule has 90 valence electrons. The van der Waals surface area contributed by atoms with E-state index in [1.807, 2.05) is 11.6 Å². The Morgan fingerprint density at radius 3 is 3.12 bits per heavy atom. The van der Waals surface area contributed by atoms with Gasteiger partial charge in [0.2, 0.25) is 0 Å². The van der Waals surface area contributed by atoms with Crippen LogP contribution in [-0.2, 0) is 4.74 Å². The molecule has 2 aromatic heterocycles. The van der Waals surface area contributed by atoms with Crippen LogP contribution in [-0.4, -0.2) is 34.7 Å². The second kappa shape index (κ2) is 4.56. The molecule has 0 aromatic carbocycles. The third kappa shape index (κ3) is 2.11. The maximum absolute atomic E-state index is 5.33. The Kier molecular flexibility index (Phi) is 2.92. The number of aromatic amines is 1. The average Bonchev–Trinajstić information content (AvgIpc) is 3.09. The summed E-state index contributed by atoms with van der Waals surface area (Å²) < 4.78 is 5.33. The molecule has 1 saturated heterocycles. The number of aromatic nitrogens is 3. The van der Waals surface area contributed by atoms with Crippen molar-refractivity contribution in [1.82, 2.24) is 20.3 Å². The first kappa shape index (κ1) is 10.9. The van der Waals surface area contributed by atoms with Crippen molar-refractivity contribution in [3.8, 4) is 10.7 Å². The number of hydrogen-bond donors (Lipinski definition) is 2. The smallest absolute Gasteiger partial charge is 0.141 e. The van der Waals surface area contributed by atoms with Gasteiger partial charge >= 0.3 is 0 Å². The summed E-state index contributed by atoms with van der Waals surface area (Å²) in [6.07, 6.45) is 4.89. The molecule has 5 nitrogen and oxygen atoms in total. The van der Waals surface area contributed by atoms with Gasteiger partial charge in [-0.15, -0.1) is 11.3 Å². The molecule has 3 rings (SSSR count). The van der Waals surface area contributed by atoms with Crippen molar-refractivity contribution < 1.29 is 4.74 Å². The van der Waals surface area contributed by atoms with Crippen molar-refractivity contribution in [3.63, 3.8) is 0 Å². The van der Waals surface area contributed by atoms with Crippen LogP contribution in [0.1, 0.15) is 18.3 Å². The van der Waals surface area contributed by atoms with E-state index in [9.17, 15) is 0 Å². The monoisotopic (exact) mass is 250 g/mol. The first-order valence-corrected chi connectivity index (χ1v) is 6.45. The molecule has 0 amide bonds. The van der Waals surface area contributed by atoms with Gasteiger partial charge in [-0.2, -0.15) is 0 Å². The second-order valence-corrected chi connectivity index (χ2v) is 4.97. The van der Waals surface area contributed by atoms with Crippen molar-refractivity contribution in [1.29, 1.82) is 0 Å². The van der Waals surface area contributed by atoms with Crippen molar-refractivity contribution in [2.45, 2.75) is 18.6 Å². The van der Waals surface area contributed by atoms with Crippen molar-refractivity contribution in [3.05, 3.63) is 23.6 Å². The highest BCUT2D eigenvalue weighted by Crippen LogP contribution is 2.25. The van der Waals surface area contributed by atoms with Crippen LogP contribution in [0, 0.1) is 0 Å². The zero-order valence-electron chi connectivity index (χ0n) is 9.51. The third-order valence-electron chi connectivity index (χ3n) is 3.01. The van der Waals surface area contributed by atoms with E-state index in [0.717, 1.165) is 29.5 Å². The number of nitrogens with zero attached hydrogens (tertiary/aromatic N) is 2. The van der Waals surface area contributed by atoms with Gasteiger partial charge in [-0.3, -0.25) is 0 Å². The largest absolute Gasteiger partial charge is 0.380 e. The van der Waals surface area contributed by atoms with E-state index >= 15 is 0 Å². The summed E-state index contributed by atoms with van der Waals surface area (Å²) in [6.45, 7) is 0.883. The standard InChI is InChI=1S/C11H14N4OS/c1-16-7-4-8(13-5-7)10-14-6-9(15-10)11-12-2-3-17-11/h2-3,6-8,13H,4-5H2,1H3,(H,14,15). The highest BCUT2D eigenvalue weighted by Gasteiger charge is 2.27. The Balaban J connectivity index is 1.77. The average molecular weight is 250 g/mol. The lowest BCUT2D eigenvalue weighted by Gasteiger charge is -2.06. The fourth-order valence-electron chi connectivity index (χ4n) is 2.07. The van der Waals surface area contributed by atoms with Gasteiger partial charge in [-0.05, 0) is 6.42 Å². The molecule has 0 radical (unpaired) electrons. The summed E-state index contributed by atoms with van der Waals surface area (Å²) in [7, 11) is 1.75. The topological polar surface area (TPSA) is 62.8 Å². The zero-order valence-corrected chi connectivity index (χ0v) is 10.3. The number of methoxy groups -OCH3 is 1. The van der Waals surface area contributed by atoms with Crippen LogP contribution in [0.5, 0.6) is 0 Å². The Hall–Kier alpha value is -1.24. The lowest BCUT2D eigenvalue weighted by atomic mass is 10.2. The molecule has 2 atom stereocenters. The molecule has 6 heteroatoms. The van der Waals surface area contributed by atoms with Crippen LogP contribution < -0.4 is 5.32 Å². The van der Waals surface area contributed by atoms with E-state index in [4.69, 9.17) is 4.74 Å². The quantitative estimate of drug-likeness (QED) is 0.868. The minimum atomic E-state index is 0.258. The van der Waals surface area contributed by atoms with E-state index in [-0.39, 0.29) is 12.1 Å². The molecule has 0 bridgehead atoms. The number of H-pyrrole nitrogens is 1. The number of nitrogens with one attached hydrogen (secondary N) is 2. The van der Waals surface area contributed by atoms with Gasteiger partial charge in [-0.1, -0.05) is 0 Å². The van der Waals surface area contributed by atoms with Gasteiger partial charge in [0.25, 0.3) is 0 Å². The number of ether oxygens (including phenoxy) is 1. The van der Waals surface area contributed by atoms with Crippen molar-refractivity contribution in [2.75, 3.05) is 13.7 Å². The highest BCUT2D eigenvalue weighted by molar-refractivity contribution is 7.13. The summed E-state index contributed by atoms with van der Waals surface area (Å²) in [5.74, 6) is 0.967. The van der Waals surface area contributed by atoms with Crippen LogP contribution in [0.15, 0.2) is 17.8 Å². The Bertz CT molecular complexity index is 481. The molecule has 0 saturated carbocycles. The Labute approximate surface area is 103 Å². The number of hydrogen-bond acceptors (Lipinski definition) is 5. The van der Waals surface area contributed by atoms with E-state index in [2.05, 4.69) is 20.3 Å². The Morgan fingerprint density at radius 1 is 1.47 bits per heavy atom. The molecule has 0 aliphatic carbocycles. The SMILES string of the molecule is COC1CNC(c2ncc(-c3nccs3)[nH]2)C1. The van der Waals surface area contributed by atoms with Gasteiger partial charge in [0.15, 0.2) is 0 Å². The molecule has 1 aliphatic heterocycles. The van der Waals surface area contributed by atoms with Gasteiger partial charge < -0.3 is 15.0 Å². The van der Waals surface area contributed by atoms with Gasteiger partial charge in [0.05, 0.1) is 24.0 Å². The molecular formula is C11H14N4OS. The summed E-state index contributed by atoms with van der Waals surface area (Å²) in [4.78, 5) is 12.0. The molecule has 1 aliphatic rings. The lowest BCUT2D eigenvalue weighted by Crippen LogP contribution is -2.16. The molecule has 1 fully saturated rings. The third-order valence-corrected chi connectivity index (χ3v) is 3.82. The van der Waals surface area contributed by atoms with Gasteiger partial charge in [-0.25, -0.2) is 9.97 Å². The fraction of sp³-hybridized carbons (Fsp3) is 0.455. The summed E-state index contributed by atoms with van der Waals surface area (Å²) >= 11 is 1.61. The van der Waals surface area contributed by atoms with Crippen LogP contribution in [0.4, 0.5) is 0 Å². The van der Waals surface area contributed by atoms with Gasteiger partial charge in [0.1, 0.15) is 10.8 Å². The van der Waals surface area contributed by atoms with Crippen LogP contribution >= 0.6 is 11.3 Å². The number of imidazole rings is 1. The normalized spacial score (nSPS) is 24.3. The first-order chi connectivity index (χ1) is 8.36. The molecule has 0 spiro atoms. The van der Waals surface area contributed by atoms with Crippen molar-refractivity contribution >= 4 is 11.3 Å². The predicted octanol–water partition coefficient (Wildman–Crippen LogP) is 1.58. The molecule has 3 heterocycles. The molecule has 17 heavy (non-hydrogen) atoms. The van der Waals surface area contributed by atoms with Gasteiger partial charge in [0, 0.05) is 25.2 Å². The maximum atomic E-state index is 5.33. The zero-order chi connectivity index (χ0) is 11.7. The van der Waals surface area contributed by atoms with Crippen LogP contribution in [0.2, 0.25) is 0 Å². The first-order valence-electron chi connectivity index (χ1n) is 5.58. The maximum Gasteiger partial charge on any atom is 0.141 e. The fourth-order valence-corrected chi connectivity index (χ4v) is 2.67. The van der Waals surface area contributed by atoms with E-state index in [0.29, 0.717) is 0 Å². The summed E-state index contributed by atoms with van der Waals surface area (Å²) in [5.41, 5.74) is 0.984. The molecule has 2 N–H and O–H groups in total. The highest BCUT2D eigenvalue weighted by atomic mass is 32.1. The summed E-state index contributed by atoms with van der Waals surface area (Å²) in [6, 6.07) is 0.258. The van der Waals surface area contributed by atoms with Crippen LogP contribution in [0.3, 0.4) is 0 Å². The van der Waals surface area contributed by atoms with Crippen molar-refractivity contribution in [2.24, 2.45) is 0 Å². The van der Waals surface area contributed by atoms with E-state index in [1.165, 1.54) is 0 Å². The predicted molar refractivity (Wildman–Crippen MR) is 65.9 cm³/mol. The summed E-state index contributed by atoms with van der Waals surface area (Å²) in [5, 5.41) is 6.34. The molecule has 2 aromatic rings. The van der Waals surface area contributed by atoms with E-state index in [1.54, 1.807) is 24.6 Å². The minimum absolute atomic E-state index is 0.258.